The third-order valence-corrected chi connectivity index (χ3v) is 2.27. The molecule has 1 amide bonds. The number of carbonyl (C=O) groups is 1. The molecular weight excluding hydrogens is 202 g/mol. The molecule has 0 radical (unpaired) electrons. The van der Waals surface area contributed by atoms with Crippen LogP contribution in [-0.2, 0) is 4.79 Å². The van der Waals surface area contributed by atoms with Crippen molar-refractivity contribution in [1.29, 1.82) is 0 Å². The van der Waals surface area contributed by atoms with Gasteiger partial charge in [0.05, 0.1) is 0 Å². The van der Waals surface area contributed by atoms with Crippen LogP contribution in [0.2, 0.25) is 0 Å². The van der Waals surface area contributed by atoms with E-state index in [9.17, 15) is 4.79 Å². The Morgan fingerprint density at radius 3 is 2.19 bits per heavy atom. The minimum absolute atomic E-state index is 0.0414. The van der Waals surface area contributed by atoms with Crippen LogP contribution in [0.4, 0.5) is 0 Å². The van der Waals surface area contributed by atoms with Gasteiger partial charge in [0.15, 0.2) is 0 Å². The predicted molar refractivity (Wildman–Crippen MR) is 65.0 cm³/mol. The summed E-state index contributed by atoms with van der Waals surface area (Å²) in [6.07, 6.45) is 0. The molecule has 4 heteroatoms. The number of nitrogens with two attached hydrogens (primary N) is 2. The van der Waals surface area contributed by atoms with Crippen molar-refractivity contribution in [2.75, 3.05) is 0 Å². The lowest BCUT2D eigenvalue weighted by Crippen LogP contribution is -2.33. The van der Waals surface area contributed by atoms with Crippen molar-refractivity contribution in [3.63, 3.8) is 0 Å². The Labute approximate surface area is 95.4 Å². The maximum Gasteiger partial charge on any atom is 0.242 e. The summed E-state index contributed by atoms with van der Waals surface area (Å²) >= 11 is 0. The first kappa shape index (κ1) is 12.2. The van der Waals surface area contributed by atoms with Gasteiger partial charge >= 0.3 is 0 Å². The van der Waals surface area contributed by atoms with Crippen molar-refractivity contribution in [2.24, 2.45) is 22.4 Å². The van der Waals surface area contributed by atoms with Gasteiger partial charge in [-0.05, 0) is 5.92 Å². The fraction of sp³-hybridized carbons (Fsp3) is 0.333. The topological polar surface area (TPSA) is 81.5 Å². The van der Waals surface area contributed by atoms with Crippen LogP contribution in [0.1, 0.15) is 19.4 Å². The third kappa shape index (κ3) is 3.08. The van der Waals surface area contributed by atoms with Crippen LogP contribution in [0.3, 0.4) is 0 Å². The molecule has 86 valence electrons. The Morgan fingerprint density at radius 1 is 1.19 bits per heavy atom. The van der Waals surface area contributed by atoms with Crippen LogP contribution in [0.25, 0.3) is 0 Å². The molecule has 0 fully saturated rings. The third-order valence-electron chi connectivity index (χ3n) is 2.27. The van der Waals surface area contributed by atoms with Gasteiger partial charge in [-0.3, -0.25) is 9.79 Å². The molecule has 1 atom stereocenters. The lowest BCUT2D eigenvalue weighted by Gasteiger charge is -2.13. The molecule has 0 heterocycles. The van der Waals surface area contributed by atoms with E-state index in [2.05, 4.69) is 4.99 Å². The SMILES string of the molecule is CC(C)C(N=C(N)c1ccccc1)C(N)=O. The number of carbonyl (C=O) groups excluding carboxylic acids is 1. The van der Waals surface area contributed by atoms with Crippen LogP contribution >= 0.6 is 0 Å². The van der Waals surface area contributed by atoms with E-state index in [1.54, 1.807) is 0 Å². The predicted octanol–water partition coefficient (Wildman–Crippen LogP) is 0.902. The average molecular weight is 219 g/mol. The summed E-state index contributed by atoms with van der Waals surface area (Å²) in [5, 5.41) is 0. The molecule has 0 aromatic heterocycles. The van der Waals surface area contributed by atoms with Gasteiger partial charge in [-0.25, -0.2) is 0 Å². The number of aliphatic imine (C=N–C) groups is 1. The zero-order valence-corrected chi connectivity index (χ0v) is 9.55. The van der Waals surface area contributed by atoms with E-state index in [1.807, 2.05) is 44.2 Å². The lowest BCUT2D eigenvalue weighted by molar-refractivity contribution is -0.120. The molecule has 0 bridgehead atoms. The summed E-state index contributed by atoms with van der Waals surface area (Å²) < 4.78 is 0. The van der Waals surface area contributed by atoms with Gasteiger partial charge in [-0.2, -0.15) is 0 Å². The molecule has 0 spiro atoms. The van der Waals surface area contributed by atoms with Crippen molar-refractivity contribution in [3.05, 3.63) is 35.9 Å². The lowest BCUT2D eigenvalue weighted by atomic mass is 10.0. The van der Waals surface area contributed by atoms with Crippen LogP contribution < -0.4 is 11.5 Å². The van der Waals surface area contributed by atoms with Gasteiger partial charge in [0, 0.05) is 5.56 Å². The van der Waals surface area contributed by atoms with E-state index in [-0.39, 0.29) is 5.92 Å². The Bertz CT molecular complexity index is 385. The number of hydrogen-bond acceptors (Lipinski definition) is 2. The highest BCUT2D eigenvalue weighted by atomic mass is 16.1. The number of nitrogens with zero attached hydrogens (tertiary/aromatic N) is 1. The van der Waals surface area contributed by atoms with E-state index in [4.69, 9.17) is 11.5 Å². The molecule has 0 saturated heterocycles. The van der Waals surface area contributed by atoms with Crippen LogP contribution in [0.15, 0.2) is 35.3 Å². The maximum atomic E-state index is 11.2. The van der Waals surface area contributed by atoms with Gasteiger partial charge < -0.3 is 11.5 Å². The minimum atomic E-state index is -0.569. The maximum absolute atomic E-state index is 11.2. The van der Waals surface area contributed by atoms with Crippen molar-refractivity contribution >= 4 is 11.7 Å². The number of amides is 1. The van der Waals surface area contributed by atoms with Crippen molar-refractivity contribution < 1.29 is 4.79 Å². The summed E-state index contributed by atoms with van der Waals surface area (Å²) in [4.78, 5) is 15.3. The largest absolute Gasteiger partial charge is 0.383 e. The number of rotatable bonds is 4. The van der Waals surface area contributed by atoms with Crippen LogP contribution in [0, 0.1) is 5.92 Å². The Hall–Kier alpha value is -1.84. The number of benzene rings is 1. The normalized spacial score (nSPS) is 13.8. The van der Waals surface area contributed by atoms with E-state index in [0.29, 0.717) is 5.84 Å². The fourth-order valence-electron chi connectivity index (χ4n) is 1.37. The van der Waals surface area contributed by atoms with Gasteiger partial charge in [0.1, 0.15) is 11.9 Å². The van der Waals surface area contributed by atoms with E-state index >= 15 is 0 Å². The second kappa shape index (κ2) is 5.30. The molecule has 1 rings (SSSR count). The molecule has 0 aliphatic heterocycles. The molecule has 4 N–H and O–H groups in total. The molecule has 0 aliphatic rings. The van der Waals surface area contributed by atoms with E-state index in [0.717, 1.165) is 5.56 Å². The number of amidine groups is 1. The highest BCUT2D eigenvalue weighted by Crippen LogP contribution is 2.07. The highest BCUT2D eigenvalue weighted by molar-refractivity contribution is 5.99. The average Bonchev–Trinajstić information content (AvgIpc) is 2.25. The second-order valence-corrected chi connectivity index (χ2v) is 3.97. The van der Waals surface area contributed by atoms with E-state index in [1.165, 1.54) is 0 Å². The van der Waals surface area contributed by atoms with Gasteiger partial charge in [-0.1, -0.05) is 44.2 Å². The van der Waals surface area contributed by atoms with Gasteiger partial charge in [0.2, 0.25) is 5.91 Å². The fourth-order valence-corrected chi connectivity index (χ4v) is 1.37. The van der Waals surface area contributed by atoms with Crippen molar-refractivity contribution in [1.82, 2.24) is 0 Å². The minimum Gasteiger partial charge on any atom is -0.383 e. The smallest absolute Gasteiger partial charge is 0.242 e. The standard InChI is InChI=1S/C12H17N3O/c1-8(2)10(12(14)16)15-11(13)9-6-4-3-5-7-9/h3-8,10H,1-2H3,(H2,13,15)(H2,14,16). The Kier molecular flexibility index (Phi) is 4.05. The first-order valence-corrected chi connectivity index (χ1v) is 5.20. The molecule has 0 aliphatic carbocycles. The van der Waals surface area contributed by atoms with Crippen molar-refractivity contribution in [2.45, 2.75) is 19.9 Å². The first-order chi connectivity index (χ1) is 7.52. The molecule has 1 aromatic carbocycles. The first-order valence-electron chi connectivity index (χ1n) is 5.20. The zero-order valence-electron chi connectivity index (χ0n) is 9.55. The van der Waals surface area contributed by atoms with E-state index < -0.39 is 11.9 Å². The summed E-state index contributed by atoms with van der Waals surface area (Å²) in [6.45, 7) is 3.77. The highest BCUT2D eigenvalue weighted by Gasteiger charge is 2.18. The molecular formula is C12H17N3O. The number of hydrogen-bond donors (Lipinski definition) is 2. The monoisotopic (exact) mass is 219 g/mol. The zero-order chi connectivity index (χ0) is 12.1. The molecule has 16 heavy (non-hydrogen) atoms. The molecule has 1 unspecified atom stereocenters. The summed E-state index contributed by atoms with van der Waals surface area (Å²) in [6, 6.07) is 8.75. The molecule has 4 nitrogen and oxygen atoms in total. The summed E-state index contributed by atoms with van der Waals surface area (Å²) in [5.74, 6) is -0.0632. The van der Waals surface area contributed by atoms with Crippen LogP contribution in [-0.4, -0.2) is 17.8 Å². The Morgan fingerprint density at radius 2 is 1.75 bits per heavy atom. The Balaban J connectivity index is 2.95. The summed E-state index contributed by atoms with van der Waals surface area (Å²) in [7, 11) is 0. The number of primary amides is 1. The molecule has 1 aromatic rings. The summed E-state index contributed by atoms with van der Waals surface area (Å²) in [5.41, 5.74) is 11.9. The van der Waals surface area contributed by atoms with Gasteiger partial charge in [-0.15, -0.1) is 0 Å². The molecule has 0 saturated carbocycles. The van der Waals surface area contributed by atoms with Gasteiger partial charge in [0.25, 0.3) is 0 Å². The quantitative estimate of drug-likeness (QED) is 0.582. The van der Waals surface area contributed by atoms with Crippen molar-refractivity contribution in [3.8, 4) is 0 Å². The second-order valence-electron chi connectivity index (χ2n) is 3.97. The van der Waals surface area contributed by atoms with Crippen LogP contribution in [0.5, 0.6) is 0 Å².